The van der Waals surface area contributed by atoms with E-state index in [-0.39, 0.29) is 32.2 Å². The van der Waals surface area contributed by atoms with Crippen molar-refractivity contribution in [3.63, 3.8) is 0 Å². The fraction of sp³-hybridized carbons (Fsp3) is 0.231. The van der Waals surface area contributed by atoms with Gasteiger partial charge < -0.3 is 10.4 Å². The number of hydrogen-bond donors (Lipinski definition) is 2. The van der Waals surface area contributed by atoms with Crippen LogP contribution in [0.2, 0.25) is 5.02 Å². The predicted octanol–water partition coefficient (Wildman–Crippen LogP) is 6.63. The third kappa shape index (κ3) is 5.58. The molecule has 3 aromatic carbocycles. The first-order chi connectivity index (χ1) is 17.0. The Balaban J connectivity index is 2.13. The topological polar surface area (TPSA) is 107 Å². The van der Waals surface area contributed by atoms with Crippen molar-refractivity contribution in [2.24, 2.45) is 0 Å². The van der Waals surface area contributed by atoms with E-state index in [1.807, 2.05) is 6.07 Å². The van der Waals surface area contributed by atoms with Gasteiger partial charge >= 0.3 is 6.18 Å². The van der Waals surface area contributed by atoms with Crippen LogP contribution < -0.4 is 5.32 Å². The predicted molar refractivity (Wildman–Crippen MR) is 133 cm³/mol. The molecule has 1 amide bonds. The number of benzene rings is 3. The SMILES string of the molecule is Cc1c(C#N)cc(C(C)(C)C)c(O)c1C(=O)Nc1ccc(S(=O)(=O)c2ccc(Cl)cc2)cc1C(F)(F)F. The third-order valence-corrected chi connectivity index (χ3v) is 7.71. The van der Waals surface area contributed by atoms with Crippen molar-refractivity contribution in [2.75, 3.05) is 5.32 Å². The van der Waals surface area contributed by atoms with Gasteiger partial charge in [0.1, 0.15) is 5.75 Å². The summed E-state index contributed by atoms with van der Waals surface area (Å²) in [6.45, 7) is 6.61. The summed E-state index contributed by atoms with van der Waals surface area (Å²) in [5.74, 6) is -1.55. The molecule has 0 aromatic heterocycles. The van der Waals surface area contributed by atoms with E-state index in [1.54, 1.807) is 20.8 Å². The van der Waals surface area contributed by atoms with E-state index in [0.717, 1.165) is 12.1 Å². The van der Waals surface area contributed by atoms with Gasteiger partial charge in [-0.05, 0) is 66.4 Å². The fourth-order valence-corrected chi connectivity index (χ4v) is 5.11. The largest absolute Gasteiger partial charge is 0.507 e. The molecule has 0 bridgehead atoms. The molecular formula is C26H22ClF3N2O4S. The van der Waals surface area contributed by atoms with Crippen molar-refractivity contribution < 1.29 is 31.5 Å². The molecule has 0 saturated heterocycles. The minimum atomic E-state index is -5.03. The zero-order valence-corrected chi connectivity index (χ0v) is 21.7. The van der Waals surface area contributed by atoms with Gasteiger partial charge in [-0.25, -0.2) is 8.42 Å². The van der Waals surface area contributed by atoms with Crippen LogP contribution in [0.5, 0.6) is 5.75 Å². The van der Waals surface area contributed by atoms with Crippen molar-refractivity contribution in [2.45, 2.75) is 49.1 Å². The number of nitrogens with one attached hydrogen (secondary N) is 1. The summed E-state index contributed by atoms with van der Waals surface area (Å²) >= 11 is 5.77. The lowest BCUT2D eigenvalue weighted by Gasteiger charge is -2.24. The number of sulfone groups is 1. The van der Waals surface area contributed by atoms with Crippen LogP contribution in [0.15, 0.2) is 58.3 Å². The second kappa shape index (κ2) is 9.72. The summed E-state index contributed by atoms with van der Waals surface area (Å²) < 4.78 is 67.7. The highest BCUT2D eigenvalue weighted by Crippen LogP contribution is 2.40. The fourth-order valence-electron chi connectivity index (χ4n) is 3.70. The van der Waals surface area contributed by atoms with Crippen LogP contribution in [-0.2, 0) is 21.4 Å². The van der Waals surface area contributed by atoms with Crippen LogP contribution in [0.3, 0.4) is 0 Å². The molecule has 194 valence electrons. The molecule has 0 unspecified atom stereocenters. The number of halogens is 4. The molecular weight excluding hydrogens is 529 g/mol. The maximum absolute atomic E-state index is 14.0. The number of carbonyl (C=O) groups excluding carboxylic acids is 1. The quantitative estimate of drug-likeness (QED) is 0.379. The third-order valence-electron chi connectivity index (χ3n) is 5.69. The number of phenols is 1. The normalized spacial score (nSPS) is 12.2. The van der Waals surface area contributed by atoms with E-state index in [0.29, 0.717) is 6.07 Å². The number of amides is 1. The highest BCUT2D eigenvalue weighted by molar-refractivity contribution is 7.91. The Hall–Kier alpha value is -3.55. The van der Waals surface area contributed by atoms with Crippen LogP contribution in [-0.4, -0.2) is 19.4 Å². The minimum Gasteiger partial charge on any atom is -0.507 e. The molecule has 0 radical (unpaired) electrons. The lowest BCUT2D eigenvalue weighted by atomic mass is 9.82. The van der Waals surface area contributed by atoms with Gasteiger partial charge in [0.25, 0.3) is 5.91 Å². The lowest BCUT2D eigenvalue weighted by molar-refractivity contribution is -0.137. The van der Waals surface area contributed by atoms with E-state index >= 15 is 0 Å². The molecule has 3 rings (SSSR count). The van der Waals surface area contributed by atoms with E-state index in [4.69, 9.17) is 11.6 Å². The van der Waals surface area contributed by atoms with Crippen LogP contribution in [0.4, 0.5) is 18.9 Å². The second-order valence-electron chi connectivity index (χ2n) is 9.30. The van der Waals surface area contributed by atoms with Gasteiger partial charge in [-0.1, -0.05) is 32.4 Å². The molecule has 0 spiro atoms. The Morgan fingerprint density at radius 1 is 1.00 bits per heavy atom. The molecule has 0 heterocycles. The number of phenolic OH excluding ortho intramolecular Hbond substituents is 1. The summed E-state index contributed by atoms with van der Waals surface area (Å²) in [7, 11) is -4.33. The number of alkyl halides is 3. The Morgan fingerprint density at radius 2 is 1.57 bits per heavy atom. The average molecular weight is 551 g/mol. The van der Waals surface area contributed by atoms with Crippen molar-refractivity contribution in [1.82, 2.24) is 0 Å². The van der Waals surface area contributed by atoms with Crippen molar-refractivity contribution in [1.29, 1.82) is 5.26 Å². The van der Waals surface area contributed by atoms with Gasteiger partial charge in [0.05, 0.1) is 38.2 Å². The summed E-state index contributed by atoms with van der Waals surface area (Å²) in [6, 6.07) is 10.5. The second-order valence-corrected chi connectivity index (χ2v) is 11.7. The Kier molecular flexibility index (Phi) is 7.37. The Morgan fingerprint density at radius 3 is 2.08 bits per heavy atom. The molecule has 0 aliphatic carbocycles. The van der Waals surface area contributed by atoms with Crippen molar-refractivity contribution in [3.05, 3.63) is 81.4 Å². The Labute approximate surface area is 217 Å². The maximum atomic E-state index is 14.0. The van der Waals surface area contributed by atoms with Gasteiger partial charge in [0, 0.05) is 10.6 Å². The Bertz CT molecular complexity index is 1540. The molecule has 6 nitrogen and oxygen atoms in total. The highest BCUT2D eigenvalue weighted by Gasteiger charge is 2.36. The standard InChI is InChI=1S/C26H22ClF3N2O4S/c1-14-15(13-31)11-20(25(2,3)4)23(33)22(14)24(34)32-21-10-9-18(12-19(21)26(28,29)30)37(35,36)17-7-5-16(27)6-8-17/h5-12,33H,1-4H3,(H,32,34). The smallest absolute Gasteiger partial charge is 0.418 e. The molecule has 37 heavy (non-hydrogen) atoms. The average Bonchev–Trinajstić information content (AvgIpc) is 2.78. The number of nitriles is 1. The van der Waals surface area contributed by atoms with E-state index in [1.165, 1.54) is 37.3 Å². The first kappa shape index (κ1) is 28.0. The lowest BCUT2D eigenvalue weighted by Crippen LogP contribution is -2.21. The highest BCUT2D eigenvalue weighted by atomic mass is 35.5. The van der Waals surface area contributed by atoms with Gasteiger partial charge in [0.15, 0.2) is 0 Å². The molecule has 0 fully saturated rings. The zero-order valence-electron chi connectivity index (χ0n) is 20.2. The minimum absolute atomic E-state index is 0.0772. The van der Waals surface area contributed by atoms with Crippen LogP contribution in [0.1, 0.15) is 53.4 Å². The molecule has 3 aromatic rings. The van der Waals surface area contributed by atoms with Crippen molar-refractivity contribution >= 4 is 33.0 Å². The van der Waals surface area contributed by atoms with Gasteiger partial charge in [-0.3, -0.25) is 4.79 Å². The van der Waals surface area contributed by atoms with E-state index in [2.05, 4.69) is 5.32 Å². The van der Waals surface area contributed by atoms with E-state index in [9.17, 15) is 36.8 Å². The van der Waals surface area contributed by atoms with Gasteiger partial charge in [0.2, 0.25) is 9.84 Å². The number of rotatable bonds is 4. The van der Waals surface area contributed by atoms with Gasteiger partial charge in [-0.15, -0.1) is 0 Å². The molecule has 2 N–H and O–H groups in total. The number of aromatic hydroxyl groups is 1. The number of nitrogens with zero attached hydrogens (tertiary/aromatic N) is 1. The summed E-state index contributed by atoms with van der Waals surface area (Å²) in [4.78, 5) is 12.2. The molecule has 0 atom stereocenters. The summed E-state index contributed by atoms with van der Waals surface area (Å²) in [6.07, 6.45) is -5.03. The molecule has 11 heteroatoms. The van der Waals surface area contributed by atoms with Crippen LogP contribution in [0.25, 0.3) is 0 Å². The monoisotopic (exact) mass is 550 g/mol. The molecule has 0 saturated carbocycles. The summed E-state index contributed by atoms with van der Waals surface area (Å²) in [5.41, 5.74) is -2.73. The number of anilines is 1. The summed E-state index contributed by atoms with van der Waals surface area (Å²) in [5, 5.41) is 22.7. The molecule has 0 aliphatic heterocycles. The first-order valence-electron chi connectivity index (χ1n) is 10.8. The maximum Gasteiger partial charge on any atom is 0.418 e. The molecule has 0 aliphatic rings. The first-order valence-corrected chi connectivity index (χ1v) is 12.6. The van der Waals surface area contributed by atoms with Crippen molar-refractivity contribution in [3.8, 4) is 11.8 Å². The van der Waals surface area contributed by atoms with E-state index < -0.39 is 49.2 Å². The zero-order chi connectivity index (χ0) is 27.9. The van der Waals surface area contributed by atoms with Crippen LogP contribution >= 0.6 is 11.6 Å². The van der Waals surface area contributed by atoms with Gasteiger partial charge in [-0.2, -0.15) is 18.4 Å². The van der Waals surface area contributed by atoms with Crippen LogP contribution in [0, 0.1) is 18.3 Å². The number of carbonyl (C=O) groups is 1. The number of hydrogen-bond acceptors (Lipinski definition) is 5.